The van der Waals surface area contributed by atoms with E-state index in [9.17, 15) is 20.1 Å². The first-order valence-electron chi connectivity index (χ1n) is 13.3. The van der Waals surface area contributed by atoms with Crippen LogP contribution in [-0.2, 0) is 4.79 Å². The first kappa shape index (κ1) is 25.7. The summed E-state index contributed by atoms with van der Waals surface area (Å²) in [5.74, 6) is -1.22. The standard InChI is InChI=1S/C30H46O4/c1-18(2)9-8-10-19(26(33)34)25-22(31)17-30(7)21-11-12-23-27(3,4)24(32)14-15-28(23,5)20(21)13-16-29(25,30)6/h9,11,13,19,22-25,31-32H,8,10,12,14-17H2,1-7H3,(H,33,34)/t19-,22+,23+,24-,25+,28-,29-,30+/m1/s1. The summed E-state index contributed by atoms with van der Waals surface area (Å²) in [4.78, 5) is 12.5. The third-order valence-electron chi connectivity index (χ3n) is 11.1. The third kappa shape index (κ3) is 3.50. The highest BCUT2D eigenvalue weighted by molar-refractivity contribution is 5.71. The van der Waals surface area contributed by atoms with Crippen molar-refractivity contribution in [3.63, 3.8) is 0 Å². The molecule has 0 bridgehead atoms. The SMILES string of the molecule is CC(C)=CCC[C@@H](C(=O)O)[C@H]1[C@@H](O)C[C@@]2(C)C3=CC[C@H]4C(C)(C)[C@H](O)CC[C@]4(C)C3=CC[C@]12C. The maximum Gasteiger partial charge on any atom is 0.306 e. The van der Waals surface area contributed by atoms with E-state index in [4.69, 9.17) is 0 Å². The summed E-state index contributed by atoms with van der Waals surface area (Å²) in [7, 11) is 0. The van der Waals surface area contributed by atoms with Crippen molar-refractivity contribution in [1.29, 1.82) is 0 Å². The largest absolute Gasteiger partial charge is 0.481 e. The zero-order valence-electron chi connectivity index (χ0n) is 22.3. The fourth-order valence-corrected chi connectivity index (χ4v) is 8.83. The molecule has 190 valence electrons. The second-order valence-corrected chi connectivity index (χ2v) is 13.4. The topological polar surface area (TPSA) is 77.8 Å². The fourth-order valence-electron chi connectivity index (χ4n) is 8.83. The van der Waals surface area contributed by atoms with Gasteiger partial charge in [-0.3, -0.25) is 4.79 Å². The molecule has 3 N–H and O–H groups in total. The van der Waals surface area contributed by atoms with E-state index in [1.165, 1.54) is 16.7 Å². The van der Waals surface area contributed by atoms with E-state index in [2.05, 4.69) is 52.8 Å². The van der Waals surface area contributed by atoms with Gasteiger partial charge in [0, 0.05) is 11.3 Å². The highest BCUT2D eigenvalue weighted by Gasteiger charge is 2.66. The zero-order valence-corrected chi connectivity index (χ0v) is 22.3. The van der Waals surface area contributed by atoms with E-state index in [-0.39, 0.29) is 33.7 Å². The molecule has 0 saturated heterocycles. The van der Waals surface area contributed by atoms with Crippen molar-refractivity contribution in [1.82, 2.24) is 0 Å². The van der Waals surface area contributed by atoms with Gasteiger partial charge in [0.2, 0.25) is 0 Å². The summed E-state index contributed by atoms with van der Waals surface area (Å²) in [5, 5.41) is 32.4. The van der Waals surface area contributed by atoms with Crippen molar-refractivity contribution < 1.29 is 20.1 Å². The molecule has 0 aromatic carbocycles. The van der Waals surface area contributed by atoms with Crippen molar-refractivity contribution in [2.45, 2.75) is 106 Å². The summed E-state index contributed by atoms with van der Waals surface area (Å²) < 4.78 is 0. The Morgan fingerprint density at radius 1 is 1.12 bits per heavy atom. The smallest absolute Gasteiger partial charge is 0.306 e. The van der Waals surface area contributed by atoms with Gasteiger partial charge in [0.15, 0.2) is 0 Å². The van der Waals surface area contributed by atoms with Gasteiger partial charge in [0.05, 0.1) is 18.1 Å². The predicted octanol–water partition coefficient (Wildman–Crippen LogP) is 6.29. The molecular weight excluding hydrogens is 424 g/mol. The van der Waals surface area contributed by atoms with Gasteiger partial charge in [0.25, 0.3) is 0 Å². The van der Waals surface area contributed by atoms with Crippen molar-refractivity contribution >= 4 is 5.97 Å². The Morgan fingerprint density at radius 3 is 2.41 bits per heavy atom. The van der Waals surface area contributed by atoms with E-state index >= 15 is 0 Å². The molecule has 4 heteroatoms. The molecule has 8 atom stereocenters. The predicted molar refractivity (Wildman–Crippen MR) is 136 cm³/mol. The molecule has 0 heterocycles. The number of hydrogen-bond donors (Lipinski definition) is 3. The van der Waals surface area contributed by atoms with Gasteiger partial charge in [-0.1, -0.05) is 58.4 Å². The number of carboxylic acid groups (broad SMARTS) is 1. The van der Waals surface area contributed by atoms with E-state index in [1.54, 1.807) is 0 Å². The average Bonchev–Trinajstić information content (AvgIpc) is 2.94. The molecule has 2 saturated carbocycles. The molecule has 0 unspecified atom stereocenters. The summed E-state index contributed by atoms with van der Waals surface area (Å²) >= 11 is 0. The van der Waals surface area contributed by atoms with Crippen LogP contribution in [0.2, 0.25) is 0 Å². The Hall–Kier alpha value is -1.39. The van der Waals surface area contributed by atoms with Gasteiger partial charge in [-0.2, -0.15) is 0 Å². The van der Waals surface area contributed by atoms with Crippen LogP contribution in [0.3, 0.4) is 0 Å². The lowest BCUT2D eigenvalue weighted by Crippen LogP contribution is -2.54. The molecule has 0 radical (unpaired) electrons. The molecule has 0 aromatic rings. The molecule has 2 fully saturated rings. The number of aliphatic hydroxyl groups excluding tert-OH is 2. The second-order valence-electron chi connectivity index (χ2n) is 13.4. The lowest BCUT2D eigenvalue weighted by Gasteiger charge is -2.61. The highest BCUT2D eigenvalue weighted by Crippen LogP contribution is 2.71. The van der Waals surface area contributed by atoms with Crippen molar-refractivity contribution in [3.05, 3.63) is 34.9 Å². The van der Waals surface area contributed by atoms with Gasteiger partial charge in [-0.15, -0.1) is 0 Å². The monoisotopic (exact) mass is 470 g/mol. The molecule has 34 heavy (non-hydrogen) atoms. The molecule has 4 aliphatic rings. The van der Waals surface area contributed by atoms with Crippen molar-refractivity contribution in [3.8, 4) is 0 Å². The minimum atomic E-state index is -0.779. The highest BCUT2D eigenvalue weighted by atomic mass is 16.4. The number of hydrogen-bond acceptors (Lipinski definition) is 3. The Balaban J connectivity index is 1.74. The van der Waals surface area contributed by atoms with Crippen LogP contribution in [-0.4, -0.2) is 33.5 Å². The van der Waals surface area contributed by atoms with Crippen LogP contribution in [0, 0.1) is 39.4 Å². The van der Waals surface area contributed by atoms with Gasteiger partial charge in [-0.25, -0.2) is 0 Å². The molecule has 4 aliphatic carbocycles. The first-order valence-corrected chi connectivity index (χ1v) is 13.3. The number of carboxylic acids is 1. The van der Waals surface area contributed by atoms with Crippen LogP contribution in [0.15, 0.2) is 34.9 Å². The Bertz CT molecular complexity index is 937. The molecule has 0 aliphatic heterocycles. The zero-order chi connectivity index (χ0) is 25.3. The van der Waals surface area contributed by atoms with Crippen molar-refractivity contribution in [2.75, 3.05) is 0 Å². The van der Waals surface area contributed by atoms with Gasteiger partial charge < -0.3 is 15.3 Å². The lowest BCUT2D eigenvalue weighted by molar-refractivity contribution is -0.148. The van der Waals surface area contributed by atoms with E-state index < -0.39 is 18.0 Å². The number of carbonyl (C=O) groups is 1. The minimum Gasteiger partial charge on any atom is -0.481 e. The third-order valence-corrected chi connectivity index (χ3v) is 11.1. The number of allylic oxidation sites excluding steroid dienone is 6. The summed E-state index contributed by atoms with van der Waals surface area (Å²) in [6, 6.07) is 0. The van der Waals surface area contributed by atoms with Crippen molar-refractivity contribution in [2.24, 2.45) is 39.4 Å². The molecule has 4 rings (SSSR count). The summed E-state index contributed by atoms with van der Waals surface area (Å²) in [6.07, 6.45) is 11.4. The van der Waals surface area contributed by atoms with E-state index in [0.717, 1.165) is 32.1 Å². The quantitative estimate of drug-likeness (QED) is 0.413. The molecular formula is C30H46O4. The van der Waals surface area contributed by atoms with Crippen LogP contribution in [0.1, 0.15) is 93.4 Å². The minimum absolute atomic E-state index is 0.00976. The normalized spacial score (nSPS) is 43.6. The molecule has 4 nitrogen and oxygen atoms in total. The van der Waals surface area contributed by atoms with Crippen LogP contribution in [0.5, 0.6) is 0 Å². The summed E-state index contributed by atoms with van der Waals surface area (Å²) in [6.45, 7) is 15.4. The Kier molecular flexibility index (Phi) is 6.30. The van der Waals surface area contributed by atoms with Crippen LogP contribution < -0.4 is 0 Å². The van der Waals surface area contributed by atoms with E-state index in [1.807, 2.05) is 13.8 Å². The van der Waals surface area contributed by atoms with Gasteiger partial charge in [-0.05, 0) is 92.1 Å². The number of rotatable bonds is 5. The van der Waals surface area contributed by atoms with Gasteiger partial charge in [0.1, 0.15) is 0 Å². The molecule has 0 spiro atoms. The lowest BCUT2D eigenvalue weighted by atomic mass is 9.44. The maximum absolute atomic E-state index is 12.5. The molecule has 0 amide bonds. The fraction of sp³-hybridized carbons (Fsp3) is 0.767. The Labute approximate surface area is 206 Å². The van der Waals surface area contributed by atoms with Gasteiger partial charge >= 0.3 is 5.97 Å². The van der Waals surface area contributed by atoms with Crippen LogP contribution in [0.4, 0.5) is 0 Å². The van der Waals surface area contributed by atoms with E-state index in [0.29, 0.717) is 18.8 Å². The number of fused-ring (bicyclic) bond motifs is 5. The summed E-state index contributed by atoms with van der Waals surface area (Å²) in [5.41, 5.74) is 3.27. The Morgan fingerprint density at radius 2 is 1.79 bits per heavy atom. The molecule has 0 aromatic heterocycles. The number of aliphatic hydroxyl groups is 2. The maximum atomic E-state index is 12.5. The van der Waals surface area contributed by atoms with Crippen LogP contribution >= 0.6 is 0 Å². The van der Waals surface area contributed by atoms with Crippen LogP contribution in [0.25, 0.3) is 0 Å². The number of aliphatic carboxylic acids is 1. The first-order chi connectivity index (χ1) is 15.7. The second kappa shape index (κ2) is 8.34. The average molecular weight is 471 g/mol.